The van der Waals surface area contributed by atoms with Crippen molar-refractivity contribution in [3.63, 3.8) is 0 Å². The second kappa shape index (κ2) is 7.72. The molecule has 0 radical (unpaired) electrons. The van der Waals surface area contributed by atoms with Crippen LogP contribution in [0.5, 0.6) is 0 Å². The van der Waals surface area contributed by atoms with E-state index in [-0.39, 0.29) is 29.2 Å². The Labute approximate surface area is 152 Å². The normalized spacial score (nSPS) is 31.1. The highest BCUT2D eigenvalue weighted by atomic mass is 16.5. The van der Waals surface area contributed by atoms with E-state index in [1.165, 1.54) is 12.5 Å². The van der Waals surface area contributed by atoms with Crippen LogP contribution >= 0.6 is 0 Å². The molecule has 2 rings (SSSR count). The van der Waals surface area contributed by atoms with Gasteiger partial charge in [0, 0.05) is 13.3 Å². The number of ketones is 1. The summed E-state index contributed by atoms with van der Waals surface area (Å²) in [5.41, 5.74) is 4.27. The van der Waals surface area contributed by atoms with Crippen molar-refractivity contribution < 1.29 is 14.3 Å². The monoisotopic (exact) mass is 344 g/mol. The van der Waals surface area contributed by atoms with Crippen molar-refractivity contribution >= 4 is 11.8 Å². The molecule has 0 aromatic rings. The maximum atomic E-state index is 12.7. The van der Waals surface area contributed by atoms with Gasteiger partial charge in [0.15, 0.2) is 5.78 Å². The quantitative estimate of drug-likeness (QED) is 0.367. The molecule has 3 nitrogen and oxygen atoms in total. The van der Waals surface area contributed by atoms with Gasteiger partial charge in [-0.1, -0.05) is 30.7 Å². The highest BCUT2D eigenvalue weighted by Gasteiger charge is 2.48. The van der Waals surface area contributed by atoms with Gasteiger partial charge in [-0.25, -0.2) is 0 Å². The summed E-state index contributed by atoms with van der Waals surface area (Å²) in [5, 5.41) is 0. The van der Waals surface area contributed by atoms with Gasteiger partial charge in [0.25, 0.3) is 0 Å². The fourth-order valence-corrected chi connectivity index (χ4v) is 4.49. The zero-order chi connectivity index (χ0) is 18.8. The molecular formula is C22H32O3. The molecule has 0 amide bonds. The third-order valence-corrected chi connectivity index (χ3v) is 5.79. The smallest absolute Gasteiger partial charge is 0.303 e. The van der Waals surface area contributed by atoms with Crippen LogP contribution in [0.2, 0.25) is 0 Å². The molecule has 0 aromatic heterocycles. The maximum absolute atomic E-state index is 12.7. The highest BCUT2D eigenvalue weighted by Crippen LogP contribution is 2.52. The Morgan fingerprint density at radius 3 is 2.56 bits per heavy atom. The Bertz CT molecular complexity index is 634. The molecule has 2 aliphatic carbocycles. The van der Waals surface area contributed by atoms with Crippen molar-refractivity contribution in [1.29, 1.82) is 0 Å². The fraction of sp³-hybridized carbons (Fsp3) is 0.636. The Morgan fingerprint density at radius 1 is 1.28 bits per heavy atom. The van der Waals surface area contributed by atoms with Gasteiger partial charge in [0.05, 0.1) is 0 Å². The first-order chi connectivity index (χ1) is 11.6. The molecule has 25 heavy (non-hydrogen) atoms. The lowest BCUT2D eigenvalue weighted by atomic mass is 9.71. The van der Waals surface area contributed by atoms with E-state index in [1.807, 2.05) is 13.8 Å². The number of carbonyl (C=O) groups excluding carboxylic acids is 2. The zero-order valence-corrected chi connectivity index (χ0v) is 16.4. The molecule has 0 heterocycles. The molecule has 0 N–H and O–H groups in total. The van der Waals surface area contributed by atoms with Gasteiger partial charge >= 0.3 is 5.97 Å². The lowest BCUT2D eigenvalue weighted by molar-refractivity contribution is -0.146. The second-order valence-corrected chi connectivity index (χ2v) is 8.31. The zero-order valence-electron chi connectivity index (χ0n) is 16.4. The van der Waals surface area contributed by atoms with E-state index in [4.69, 9.17) is 4.74 Å². The van der Waals surface area contributed by atoms with E-state index in [9.17, 15) is 9.59 Å². The number of hydrogen-bond donors (Lipinski definition) is 0. The number of hydrogen-bond acceptors (Lipinski definition) is 3. The molecule has 2 aliphatic rings. The predicted octanol–water partition coefficient (Wildman–Crippen LogP) is 5.32. The summed E-state index contributed by atoms with van der Waals surface area (Å²) in [5.74, 6) is 0.204. The molecule has 3 heteroatoms. The van der Waals surface area contributed by atoms with Crippen molar-refractivity contribution in [3.05, 3.63) is 34.9 Å². The lowest BCUT2D eigenvalue weighted by Crippen LogP contribution is -2.31. The Morgan fingerprint density at radius 2 is 1.96 bits per heavy atom. The van der Waals surface area contributed by atoms with Crippen molar-refractivity contribution in [2.45, 2.75) is 79.2 Å². The van der Waals surface area contributed by atoms with Crippen molar-refractivity contribution in [1.82, 2.24) is 0 Å². The summed E-state index contributed by atoms with van der Waals surface area (Å²) in [4.78, 5) is 24.4. The van der Waals surface area contributed by atoms with Crippen LogP contribution in [0.4, 0.5) is 0 Å². The van der Waals surface area contributed by atoms with Gasteiger partial charge in [-0.2, -0.15) is 0 Å². The molecule has 0 aromatic carbocycles. The molecular weight excluding hydrogens is 312 g/mol. The Kier molecular flexibility index (Phi) is 6.08. The average Bonchev–Trinajstić information content (AvgIpc) is 2.72. The van der Waals surface area contributed by atoms with Gasteiger partial charge in [0.2, 0.25) is 0 Å². The lowest BCUT2D eigenvalue weighted by Gasteiger charge is -2.35. The number of carbonyl (C=O) groups is 2. The van der Waals surface area contributed by atoms with Crippen LogP contribution in [0.3, 0.4) is 0 Å². The van der Waals surface area contributed by atoms with E-state index in [0.29, 0.717) is 12.8 Å². The molecule has 0 spiro atoms. The largest absolute Gasteiger partial charge is 0.458 e. The molecule has 138 valence electrons. The second-order valence-electron chi connectivity index (χ2n) is 8.31. The van der Waals surface area contributed by atoms with Crippen LogP contribution < -0.4 is 0 Å². The van der Waals surface area contributed by atoms with E-state index in [1.54, 1.807) is 0 Å². The molecule has 0 aliphatic heterocycles. The fourth-order valence-electron chi connectivity index (χ4n) is 4.49. The van der Waals surface area contributed by atoms with Crippen LogP contribution in [0.25, 0.3) is 0 Å². The van der Waals surface area contributed by atoms with Crippen molar-refractivity contribution in [3.8, 4) is 0 Å². The number of ether oxygens (including phenoxy) is 1. The van der Waals surface area contributed by atoms with Crippen LogP contribution in [-0.4, -0.2) is 17.9 Å². The number of Topliss-reactive ketones (excluding diaryl/α,β-unsaturated/α-hetero) is 1. The third-order valence-electron chi connectivity index (χ3n) is 5.79. The third kappa shape index (κ3) is 4.50. The number of rotatable bonds is 1. The van der Waals surface area contributed by atoms with Crippen LogP contribution in [0.1, 0.15) is 73.1 Å². The van der Waals surface area contributed by atoms with Crippen LogP contribution in [0.15, 0.2) is 34.9 Å². The van der Waals surface area contributed by atoms with E-state index in [2.05, 4.69) is 26.5 Å². The highest BCUT2D eigenvalue weighted by molar-refractivity contribution is 5.99. The summed E-state index contributed by atoms with van der Waals surface area (Å²) in [6.45, 7) is 14.1. The SMILES string of the molecule is C=C1CCC=C(C)CCC2C(=C(C)C)C(=O)CC2(C)CC1OC(C)=O. The Balaban J connectivity index is 2.44. The van der Waals surface area contributed by atoms with Crippen molar-refractivity contribution in [2.75, 3.05) is 0 Å². The summed E-state index contributed by atoms with van der Waals surface area (Å²) in [6.07, 6.45) is 6.90. The topological polar surface area (TPSA) is 43.4 Å². The summed E-state index contributed by atoms with van der Waals surface area (Å²) in [6, 6.07) is 0. The molecule has 3 unspecified atom stereocenters. The minimum absolute atomic E-state index is 0.183. The van der Waals surface area contributed by atoms with Gasteiger partial charge in [0.1, 0.15) is 6.10 Å². The van der Waals surface area contributed by atoms with Crippen LogP contribution in [0, 0.1) is 11.3 Å². The Hall–Kier alpha value is -1.64. The maximum Gasteiger partial charge on any atom is 0.303 e. The van der Waals surface area contributed by atoms with Gasteiger partial charge < -0.3 is 4.74 Å². The summed E-state index contributed by atoms with van der Waals surface area (Å²) >= 11 is 0. The number of allylic oxidation sites excluding steroid dienone is 4. The molecule has 3 atom stereocenters. The summed E-state index contributed by atoms with van der Waals surface area (Å²) in [7, 11) is 0. The number of fused-ring (bicyclic) bond motifs is 1. The number of esters is 1. The van der Waals surface area contributed by atoms with Gasteiger partial charge in [-0.3, -0.25) is 9.59 Å². The predicted molar refractivity (Wildman–Crippen MR) is 101 cm³/mol. The molecule has 1 fully saturated rings. The van der Waals surface area contributed by atoms with Crippen LogP contribution in [-0.2, 0) is 14.3 Å². The summed E-state index contributed by atoms with van der Waals surface area (Å²) < 4.78 is 5.62. The van der Waals surface area contributed by atoms with Crippen molar-refractivity contribution in [2.24, 2.45) is 11.3 Å². The first kappa shape index (κ1) is 19.7. The molecule has 0 bridgehead atoms. The van der Waals surface area contributed by atoms with E-state index < -0.39 is 0 Å². The van der Waals surface area contributed by atoms with Gasteiger partial charge in [-0.05, 0) is 75.4 Å². The molecule has 1 saturated carbocycles. The minimum Gasteiger partial charge on any atom is -0.458 e. The first-order valence-corrected chi connectivity index (χ1v) is 9.35. The minimum atomic E-state index is -0.305. The molecule has 0 saturated heterocycles. The standard InChI is InChI=1S/C22H32O3/c1-14(2)21-18-11-10-15(3)8-7-9-16(4)20(25-17(5)23)13-22(18,6)12-19(21)24/h8,18,20H,4,7,9-13H2,1-3,5-6H3. The first-order valence-electron chi connectivity index (χ1n) is 9.35. The average molecular weight is 344 g/mol. The van der Waals surface area contributed by atoms with E-state index >= 15 is 0 Å². The van der Waals surface area contributed by atoms with E-state index in [0.717, 1.165) is 42.4 Å². The van der Waals surface area contributed by atoms with Gasteiger partial charge in [-0.15, -0.1) is 0 Å².